The van der Waals surface area contributed by atoms with Gasteiger partial charge < -0.3 is 25.6 Å². The van der Waals surface area contributed by atoms with Crippen molar-refractivity contribution in [2.24, 2.45) is 16.8 Å². The van der Waals surface area contributed by atoms with E-state index < -0.39 is 11.7 Å². The molecule has 166 valence electrons. The first-order valence-electron chi connectivity index (χ1n) is 10.3. The number of amides is 1. The van der Waals surface area contributed by atoms with Crippen molar-refractivity contribution in [2.75, 3.05) is 46.3 Å². The van der Waals surface area contributed by atoms with Gasteiger partial charge in [0.25, 0.3) is 0 Å². The van der Waals surface area contributed by atoms with Crippen molar-refractivity contribution in [3.05, 3.63) is 0 Å². The van der Waals surface area contributed by atoms with Gasteiger partial charge in [-0.3, -0.25) is 4.99 Å². The van der Waals surface area contributed by atoms with Gasteiger partial charge in [0, 0.05) is 39.8 Å². The van der Waals surface area contributed by atoms with Gasteiger partial charge in [-0.25, -0.2) is 4.79 Å². The summed E-state index contributed by atoms with van der Waals surface area (Å²) in [5.41, 5.74) is -0.473. The number of guanidine groups is 1. The minimum Gasteiger partial charge on any atom is -0.444 e. The summed E-state index contributed by atoms with van der Waals surface area (Å²) in [4.78, 5) is 18.4. The highest BCUT2D eigenvalue weighted by molar-refractivity contribution is 14.0. The predicted octanol–water partition coefficient (Wildman–Crippen LogP) is 3.05. The second kappa shape index (κ2) is 14.3. The molecule has 0 aromatic carbocycles. The Morgan fingerprint density at radius 2 is 1.61 bits per heavy atom. The number of alkyl carbamates (subject to hydrolysis) is 1. The Morgan fingerprint density at radius 3 is 2.18 bits per heavy atom. The third kappa shape index (κ3) is 13.4. The van der Waals surface area contributed by atoms with Gasteiger partial charge in [0.1, 0.15) is 5.60 Å². The van der Waals surface area contributed by atoms with E-state index in [0.29, 0.717) is 13.1 Å². The van der Waals surface area contributed by atoms with Crippen LogP contribution in [0.25, 0.3) is 0 Å². The van der Waals surface area contributed by atoms with Gasteiger partial charge in [-0.05, 0) is 58.4 Å². The average Bonchev–Trinajstić information content (AvgIpc) is 2.54. The molecule has 1 rings (SSSR count). The number of carbonyl (C=O) groups is 1. The van der Waals surface area contributed by atoms with Crippen molar-refractivity contribution in [1.29, 1.82) is 0 Å². The topological polar surface area (TPSA) is 78.0 Å². The van der Waals surface area contributed by atoms with Crippen LogP contribution in [0.2, 0.25) is 0 Å². The molecule has 2 atom stereocenters. The second-order valence-corrected chi connectivity index (χ2v) is 8.77. The predicted molar refractivity (Wildman–Crippen MR) is 128 cm³/mol. The van der Waals surface area contributed by atoms with Crippen molar-refractivity contribution in [3.63, 3.8) is 0 Å². The van der Waals surface area contributed by atoms with Crippen LogP contribution in [0.5, 0.6) is 0 Å². The molecule has 1 amide bonds. The molecular formula is C20H42IN5O2. The normalized spacial score (nSPS) is 20.9. The van der Waals surface area contributed by atoms with Crippen molar-refractivity contribution in [2.45, 2.75) is 59.5 Å². The minimum absolute atomic E-state index is 0. The van der Waals surface area contributed by atoms with E-state index in [1.807, 2.05) is 20.8 Å². The maximum atomic E-state index is 11.6. The number of aliphatic imine (C=N–C) groups is 1. The Labute approximate surface area is 188 Å². The number of unbranched alkanes of at least 4 members (excludes halogenated alkanes) is 1. The number of ether oxygens (including phenoxy) is 1. The van der Waals surface area contributed by atoms with Gasteiger partial charge in [0.05, 0.1) is 0 Å². The highest BCUT2D eigenvalue weighted by atomic mass is 127. The number of hydrogen-bond acceptors (Lipinski definition) is 4. The summed E-state index contributed by atoms with van der Waals surface area (Å²) in [6.07, 6.45) is 3.29. The van der Waals surface area contributed by atoms with Gasteiger partial charge in [-0.2, -0.15) is 0 Å². The zero-order valence-electron chi connectivity index (χ0n) is 18.6. The van der Waals surface area contributed by atoms with E-state index in [4.69, 9.17) is 4.74 Å². The maximum Gasteiger partial charge on any atom is 0.407 e. The zero-order valence-corrected chi connectivity index (χ0v) is 21.0. The lowest BCUT2D eigenvalue weighted by Crippen LogP contribution is -2.43. The van der Waals surface area contributed by atoms with Crippen molar-refractivity contribution in [3.8, 4) is 0 Å². The van der Waals surface area contributed by atoms with Crippen LogP contribution in [0.3, 0.4) is 0 Å². The molecule has 1 saturated heterocycles. The first-order chi connectivity index (χ1) is 12.7. The zero-order chi connectivity index (χ0) is 20.3. The monoisotopic (exact) mass is 511 g/mol. The number of likely N-dealkylation sites (tertiary alicyclic amines) is 1. The van der Waals surface area contributed by atoms with Crippen LogP contribution < -0.4 is 16.0 Å². The summed E-state index contributed by atoms with van der Waals surface area (Å²) in [6, 6.07) is 0. The Hall–Kier alpha value is -0.770. The molecule has 0 saturated carbocycles. The standard InChI is InChI=1S/C20H41N5O2.HI/c1-16-13-17(2)15-25(14-16)12-8-7-9-22-18(21-6)23-10-11-24-19(26)27-20(3,4)5;/h16-17H,7-15H2,1-6H3,(H,24,26)(H2,21,22,23);1H. The van der Waals surface area contributed by atoms with Gasteiger partial charge in [0.2, 0.25) is 0 Å². The summed E-state index contributed by atoms with van der Waals surface area (Å²) < 4.78 is 5.20. The van der Waals surface area contributed by atoms with E-state index in [1.165, 1.54) is 32.5 Å². The highest BCUT2D eigenvalue weighted by Gasteiger charge is 2.21. The van der Waals surface area contributed by atoms with Crippen LogP contribution >= 0.6 is 24.0 Å². The molecule has 2 unspecified atom stereocenters. The summed E-state index contributed by atoms with van der Waals surface area (Å²) in [7, 11) is 1.76. The molecule has 0 aliphatic carbocycles. The quantitative estimate of drug-likeness (QED) is 0.202. The molecule has 0 spiro atoms. The summed E-state index contributed by atoms with van der Waals surface area (Å²) in [6.45, 7) is 15.9. The average molecular weight is 511 g/mol. The van der Waals surface area contributed by atoms with E-state index in [1.54, 1.807) is 7.05 Å². The van der Waals surface area contributed by atoms with E-state index in [-0.39, 0.29) is 24.0 Å². The molecule has 3 N–H and O–H groups in total. The van der Waals surface area contributed by atoms with Crippen molar-refractivity contribution < 1.29 is 9.53 Å². The van der Waals surface area contributed by atoms with E-state index in [2.05, 4.69) is 39.7 Å². The minimum atomic E-state index is -0.473. The first-order valence-corrected chi connectivity index (χ1v) is 10.3. The Kier molecular flexibility index (Phi) is 13.9. The number of nitrogens with zero attached hydrogens (tertiary/aromatic N) is 2. The molecule has 0 radical (unpaired) electrons. The molecular weight excluding hydrogens is 469 g/mol. The SMILES string of the molecule is CN=C(NCCCCN1CC(C)CC(C)C1)NCCNC(=O)OC(C)(C)C.I. The summed E-state index contributed by atoms with van der Waals surface area (Å²) >= 11 is 0. The number of hydrogen-bond donors (Lipinski definition) is 3. The van der Waals surface area contributed by atoms with Crippen LogP contribution in [0, 0.1) is 11.8 Å². The van der Waals surface area contributed by atoms with Crippen LogP contribution in [0.4, 0.5) is 4.79 Å². The third-order valence-electron chi connectivity index (χ3n) is 4.45. The maximum absolute atomic E-state index is 11.6. The van der Waals surface area contributed by atoms with Crippen LogP contribution in [-0.2, 0) is 4.74 Å². The second-order valence-electron chi connectivity index (χ2n) is 8.77. The number of nitrogens with one attached hydrogen (secondary N) is 3. The molecule has 1 aliphatic heterocycles. The fourth-order valence-corrected chi connectivity index (χ4v) is 3.52. The molecule has 0 bridgehead atoms. The fraction of sp³-hybridized carbons (Fsp3) is 0.900. The number of piperidine rings is 1. The summed E-state index contributed by atoms with van der Waals surface area (Å²) in [5.74, 6) is 2.41. The molecule has 8 heteroatoms. The van der Waals surface area contributed by atoms with Crippen LogP contribution in [0.15, 0.2) is 4.99 Å². The number of carbonyl (C=O) groups excluding carboxylic acids is 1. The van der Waals surface area contributed by atoms with Gasteiger partial charge in [0.15, 0.2) is 5.96 Å². The smallest absolute Gasteiger partial charge is 0.407 e. The summed E-state index contributed by atoms with van der Waals surface area (Å²) in [5, 5.41) is 9.25. The lowest BCUT2D eigenvalue weighted by molar-refractivity contribution is 0.0529. The molecule has 0 aromatic rings. The largest absolute Gasteiger partial charge is 0.444 e. The van der Waals surface area contributed by atoms with Crippen molar-refractivity contribution >= 4 is 36.0 Å². The van der Waals surface area contributed by atoms with Gasteiger partial charge in [-0.1, -0.05) is 13.8 Å². The molecule has 1 aliphatic rings. The van der Waals surface area contributed by atoms with Crippen molar-refractivity contribution in [1.82, 2.24) is 20.9 Å². The Morgan fingerprint density at radius 1 is 1.04 bits per heavy atom. The lowest BCUT2D eigenvalue weighted by atomic mass is 9.92. The van der Waals surface area contributed by atoms with Gasteiger partial charge in [-0.15, -0.1) is 24.0 Å². The van der Waals surface area contributed by atoms with Crippen LogP contribution in [0.1, 0.15) is 53.9 Å². The number of halogens is 1. The highest BCUT2D eigenvalue weighted by Crippen LogP contribution is 2.20. The first kappa shape index (κ1) is 27.2. The van der Waals surface area contributed by atoms with E-state index >= 15 is 0 Å². The fourth-order valence-electron chi connectivity index (χ4n) is 3.52. The lowest BCUT2D eigenvalue weighted by Gasteiger charge is -2.34. The Bertz CT molecular complexity index is 458. The van der Waals surface area contributed by atoms with E-state index in [9.17, 15) is 4.79 Å². The third-order valence-corrected chi connectivity index (χ3v) is 4.45. The van der Waals surface area contributed by atoms with Gasteiger partial charge >= 0.3 is 6.09 Å². The Balaban J connectivity index is 0.00000729. The molecule has 1 heterocycles. The molecule has 7 nitrogen and oxygen atoms in total. The van der Waals surface area contributed by atoms with E-state index in [0.717, 1.165) is 30.8 Å². The van der Waals surface area contributed by atoms with Crippen LogP contribution in [-0.4, -0.2) is 68.9 Å². The molecule has 1 fully saturated rings. The molecule has 28 heavy (non-hydrogen) atoms. The number of rotatable bonds is 8. The molecule has 0 aromatic heterocycles.